The molecule has 1 aromatic heterocycles. The van der Waals surface area contributed by atoms with Crippen LogP contribution in [0.5, 0.6) is 5.75 Å². The first-order valence-electron chi connectivity index (χ1n) is 7.11. The first-order valence-corrected chi connectivity index (χ1v) is 7.11. The Bertz CT molecular complexity index is 649. The molecule has 1 aliphatic heterocycles. The molecule has 2 aromatic rings. The molecule has 0 spiro atoms. The highest BCUT2D eigenvalue weighted by Gasteiger charge is 2.22. The van der Waals surface area contributed by atoms with E-state index in [1.807, 2.05) is 30.0 Å². The number of rotatable bonds is 3. The summed E-state index contributed by atoms with van der Waals surface area (Å²) in [6.07, 6.45) is 2.12. The van der Waals surface area contributed by atoms with Crippen LogP contribution < -0.4 is 4.74 Å². The summed E-state index contributed by atoms with van der Waals surface area (Å²) in [7, 11) is 1.62. The second kappa shape index (κ2) is 5.77. The van der Waals surface area contributed by atoms with Gasteiger partial charge in [0.1, 0.15) is 11.3 Å². The van der Waals surface area contributed by atoms with Crippen LogP contribution in [-0.4, -0.2) is 43.7 Å². The van der Waals surface area contributed by atoms with Crippen LogP contribution in [0.4, 0.5) is 0 Å². The fourth-order valence-corrected chi connectivity index (χ4v) is 2.65. The Morgan fingerprint density at radius 1 is 1.48 bits per heavy atom. The molecule has 2 heterocycles. The number of carbonyl (C=O) groups is 1. The molecule has 5 heteroatoms. The molecule has 0 N–H and O–H groups in total. The molecular weight excluding hydrogens is 270 g/mol. The van der Waals surface area contributed by atoms with Gasteiger partial charge in [0.2, 0.25) is 5.91 Å². The number of benzene rings is 1. The molecule has 5 nitrogen and oxygen atoms in total. The van der Waals surface area contributed by atoms with Gasteiger partial charge in [-0.15, -0.1) is 0 Å². The van der Waals surface area contributed by atoms with Crippen molar-refractivity contribution in [3.63, 3.8) is 0 Å². The predicted molar refractivity (Wildman–Crippen MR) is 78.5 cm³/mol. The Hall–Kier alpha value is -2.01. The second-order valence-electron chi connectivity index (χ2n) is 5.32. The summed E-state index contributed by atoms with van der Waals surface area (Å²) in [4.78, 5) is 14.2. The zero-order valence-corrected chi connectivity index (χ0v) is 12.3. The molecule has 1 aliphatic rings. The monoisotopic (exact) mass is 289 g/mol. The Morgan fingerprint density at radius 3 is 3.10 bits per heavy atom. The lowest BCUT2D eigenvalue weighted by Gasteiger charge is -2.31. The first kappa shape index (κ1) is 13.9. The van der Waals surface area contributed by atoms with Crippen LogP contribution in [0.1, 0.15) is 12.5 Å². The minimum atomic E-state index is 0.105. The summed E-state index contributed by atoms with van der Waals surface area (Å²) in [6.45, 7) is 3.91. The molecule has 1 unspecified atom stereocenters. The topological polar surface area (TPSA) is 51.9 Å². The van der Waals surface area contributed by atoms with Crippen molar-refractivity contribution in [1.82, 2.24) is 4.90 Å². The highest BCUT2D eigenvalue weighted by molar-refractivity contribution is 5.88. The lowest BCUT2D eigenvalue weighted by Crippen LogP contribution is -2.45. The highest BCUT2D eigenvalue weighted by Crippen LogP contribution is 2.26. The van der Waals surface area contributed by atoms with Crippen molar-refractivity contribution < 1.29 is 18.7 Å². The van der Waals surface area contributed by atoms with Gasteiger partial charge in [-0.1, -0.05) is 0 Å². The lowest BCUT2D eigenvalue weighted by atomic mass is 10.1. The van der Waals surface area contributed by atoms with Crippen LogP contribution in [0, 0.1) is 0 Å². The van der Waals surface area contributed by atoms with E-state index in [1.54, 1.807) is 13.4 Å². The largest absolute Gasteiger partial charge is 0.497 e. The van der Waals surface area contributed by atoms with Crippen LogP contribution in [0.15, 0.2) is 28.9 Å². The van der Waals surface area contributed by atoms with Crippen molar-refractivity contribution in [1.29, 1.82) is 0 Å². The average Bonchev–Trinajstić information content (AvgIpc) is 2.89. The van der Waals surface area contributed by atoms with E-state index >= 15 is 0 Å². The fourth-order valence-electron chi connectivity index (χ4n) is 2.65. The van der Waals surface area contributed by atoms with Gasteiger partial charge in [-0.25, -0.2) is 0 Å². The molecule has 1 aromatic carbocycles. The maximum absolute atomic E-state index is 12.4. The number of furan rings is 1. The quantitative estimate of drug-likeness (QED) is 0.869. The van der Waals surface area contributed by atoms with Crippen molar-refractivity contribution in [3.05, 3.63) is 30.0 Å². The number of amides is 1. The molecule has 3 rings (SSSR count). The van der Waals surface area contributed by atoms with E-state index in [0.717, 1.165) is 22.3 Å². The number of hydrogen-bond donors (Lipinski definition) is 0. The number of morpholine rings is 1. The third kappa shape index (κ3) is 2.88. The number of hydrogen-bond acceptors (Lipinski definition) is 4. The van der Waals surface area contributed by atoms with Gasteiger partial charge in [0.25, 0.3) is 0 Å². The smallest absolute Gasteiger partial charge is 0.227 e. The number of ether oxygens (including phenoxy) is 2. The van der Waals surface area contributed by atoms with E-state index in [4.69, 9.17) is 13.9 Å². The van der Waals surface area contributed by atoms with Crippen molar-refractivity contribution in [2.75, 3.05) is 26.8 Å². The maximum atomic E-state index is 12.4. The Kier molecular flexibility index (Phi) is 3.84. The molecule has 1 amide bonds. The lowest BCUT2D eigenvalue weighted by molar-refractivity contribution is -0.137. The van der Waals surface area contributed by atoms with Gasteiger partial charge in [-0.2, -0.15) is 0 Å². The average molecular weight is 289 g/mol. The third-order valence-electron chi connectivity index (χ3n) is 3.80. The second-order valence-corrected chi connectivity index (χ2v) is 5.32. The molecule has 0 saturated carbocycles. The molecule has 0 radical (unpaired) electrons. The van der Waals surface area contributed by atoms with Gasteiger partial charge in [0, 0.05) is 30.1 Å². The molecular formula is C16H19NO4. The highest BCUT2D eigenvalue weighted by atomic mass is 16.5. The number of fused-ring (bicyclic) bond motifs is 1. The van der Waals surface area contributed by atoms with Crippen molar-refractivity contribution in [2.24, 2.45) is 0 Å². The molecule has 0 aliphatic carbocycles. The van der Waals surface area contributed by atoms with Crippen molar-refractivity contribution in [3.8, 4) is 5.75 Å². The number of carbonyl (C=O) groups excluding carboxylic acids is 1. The van der Waals surface area contributed by atoms with E-state index in [0.29, 0.717) is 26.1 Å². The van der Waals surface area contributed by atoms with Gasteiger partial charge in [0.15, 0.2) is 0 Å². The van der Waals surface area contributed by atoms with Crippen LogP contribution in [0.25, 0.3) is 11.0 Å². The Labute approximate surface area is 123 Å². The van der Waals surface area contributed by atoms with E-state index in [-0.39, 0.29) is 12.0 Å². The van der Waals surface area contributed by atoms with Crippen LogP contribution in [0.2, 0.25) is 0 Å². The minimum Gasteiger partial charge on any atom is -0.497 e. The molecule has 112 valence electrons. The molecule has 1 saturated heterocycles. The zero-order valence-electron chi connectivity index (χ0n) is 12.3. The molecule has 0 bridgehead atoms. The summed E-state index contributed by atoms with van der Waals surface area (Å²) >= 11 is 0. The Balaban J connectivity index is 1.76. The van der Waals surface area contributed by atoms with Crippen LogP contribution in [0.3, 0.4) is 0 Å². The summed E-state index contributed by atoms with van der Waals surface area (Å²) in [5.41, 5.74) is 1.66. The normalized spacial score (nSPS) is 19.0. The predicted octanol–water partition coefficient (Wildman–Crippen LogP) is 2.23. The minimum absolute atomic E-state index is 0.105. The van der Waals surface area contributed by atoms with Crippen molar-refractivity contribution in [2.45, 2.75) is 19.4 Å². The van der Waals surface area contributed by atoms with Crippen molar-refractivity contribution >= 4 is 16.9 Å². The summed E-state index contributed by atoms with van der Waals surface area (Å²) in [5, 5.41) is 0.963. The van der Waals surface area contributed by atoms with E-state index in [1.165, 1.54) is 0 Å². The zero-order chi connectivity index (χ0) is 14.8. The van der Waals surface area contributed by atoms with Gasteiger partial charge < -0.3 is 18.8 Å². The maximum Gasteiger partial charge on any atom is 0.227 e. The van der Waals surface area contributed by atoms with Crippen LogP contribution in [-0.2, 0) is 16.0 Å². The van der Waals surface area contributed by atoms with Gasteiger partial charge >= 0.3 is 0 Å². The van der Waals surface area contributed by atoms with Gasteiger partial charge in [-0.05, 0) is 19.1 Å². The molecule has 1 atom stereocenters. The van der Waals surface area contributed by atoms with Crippen LogP contribution >= 0.6 is 0 Å². The number of methoxy groups -OCH3 is 1. The number of nitrogens with zero attached hydrogens (tertiary/aromatic N) is 1. The third-order valence-corrected chi connectivity index (χ3v) is 3.80. The van der Waals surface area contributed by atoms with E-state index in [2.05, 4.69) is 0 Å². The summed E-state index contributed by atoms with van der Waals surface area (Å²) in [5.74, 6) is 0.861. The first-order chi connectivity index (χ1) is 10.2. The SMILES string of the molecule is COc1ccc2c(CC(=O)N3CCOC(C)C3)coc2c1. The molecule has 1 fully saturated rings. The fraction of sp³-hybridized carbons (Fsp3) is 0.438. The van der Waals surface area contributed by atoms with Gasteiger partial charge in [-0.3, -0.25) is 4.79 Å². The van der Waals surface area contributed by atoms with Gasteiger partial charge in [0.05, 0.1) is 32.5 Å². The van der Waals surface area contributed by atoms with E-state index in [9.17, 15) is 4.79 Å². The summed E-state index contributed by atoms with van der Waals surface area (Å²) < 4.78 is 16.2. The summed E-state index contributed by atoms with van der Waals surface area (Å²) in [6, 6.07) is 5.64. The Morgan fingerprint density at radius 2 is 2.33 bits per heavy atom. The molecule has 21 heavy (non-hydrogen) atoms. The van der Waals surface area contributed by atoms with E-state index < -0.39 is 0 Å². The standard InChI is InChI=1S/C16H19NO4/c1-11-9-17(5-6-20-11)16(18)7-12-10-21-15-8-13(19-2)3-4-14(12)15/h3-4,8,10-11H,5-7,9H2,1-2H3.